The number of aryl methyl sites for hydroxylation is 1. The number of nitrogens with one attached hydrogen (secondary N) is 2. The topological polar surface area (TPSA) is 105 Å². The molecule has 0 radical (unpaired) electrons. The Kier molecular flexibility index (Phi) is 8.34. The number of amides is 3. The van der Waals surface area contributed by atoms with Crippen LogP contribution in [0.2, 0.25) is 10.0 Å². The third-order valence-electron chi connectivity index (χ3n) is 4.94. The monoisotopic (exact) mass is 555 g/mol. The molecule has 2 N–H and O–H groups in total. The second-order valence-corrected chi connectivity index (χ2v) is 9.02. The highest BCUT2D eigenvalue weighted by atomic mass is 79.9. The van der Waals surface area contributed by atoms with Crippen LogP contribution in [0.5, 0.6) is 0 Å². The molecule has 33 heavy (non-hydrogen) atoms. The van der Waals surface area contributed by atoms with Gasteiger partial charge in [-0.1, -0.05) is 46.1 Å². The minimum absolute atomic E-state index is 0.0704. The van der Waals surface area contributed by atoms with Crippen molar-refractivity contribution in [2.45, 2.75) is 19.8 Å². The number of hydrazine groups is 1. The lowest BCUT2D eigenvalue weighted by Gasteiger charge is -2.17. The molecule has 0 aliphatic carbocycles. The number of hydrogen-bond acceptors (Lipinski definition) is 5. The number of rotatable bonds is 7. The predicted octanol–water partition coefficient (Wildman–Crippen LogP) is 3.99. The molecular formula is C22H20BrCl2N3O5. The van der Waals surface area contributed by atoms with Crippen LogP contribution < -0.4 is 10.7 Å². The van der Waals surface area contributed by atoms with Gasteiger partial charge in [0.25, 0.3) is 11.8 Å². The van der Waals surface area contributed by atoms with E-state index in [4.69, 9.17) is 27.9 Å². The molecule has 3 amide bonds. The summed E-state index contributed by atoms with van der Waals surface area (Å²) in [5, 5.41) is 4.26. The largest absolute Gasteiger partial charge is 0.455 e. The highest BCUT2D eigenvalue weighted by molar-refractivity contribution is 9.10. The number of ether oxygens (including phenoxy) is 1. The molecule has 8 nitrogen and oxygen atoms in total. The molecule has 1 aliphatic heterocycles. The molecule has 2 aromatic carbocycles. The molecule has 3 rings (SSSR count). The predicted molar refractivity (Wildman–Crippen MR) is 127 cm³/mol. The van der Waals surface area contributed by atoms with Gasteiger partial charge in [0.05, 0.1) is 22.5 Å². The fourth-order valence-electron chi connectivity index (χ4n) is 3.22. The summed E-state index contributed by atoms with van der Waals surface area (Å²) in [6, 6.07) is 9.75. The Morgan fingerprint density at radius 2 is 1.91 bits per heavy atom. The van der Waals surface area contributed by atoms with Crippen molar-refractivity contribution in [3.05, 3.63) is 62.0 Å². The molecule has 1 aliphatic rings. The summed E-state index contributed by atoms with van der Waals surface area (Å²) in [7, 11) is 0. The molecule has 1 atom stereocenters. The van der Waals surface area contributed by atoms with Crippen LogP contribution in [-0.2, 0) is 25.5 Å². The zero-order valence-electron chi connectivity index (χ0n) is 17.5. The maximum absolute atomic E-state index is 12.4. The first-order chi connectivity index (χ1) is 15.7. The van der Waals surface area contributed by atoms with Gasteiger partial charge in [-0.15, -0.1) is 0 Å². The average molecular weight is 557 g/mol. The highest BCUT2D eigenvalue weighted by Crippen LogP contribution is 2.24. The summed E-state index contributed by atoms with van der Waals surface area (Å²) in [4.78, 5) is 49.2. The summed E-state index contributed by atoms with van der Waals surface area (Å²) in [5.74, 6) is -3.02. The van der Waals surface area contributed by atoms with Crippen LogP contribution in [-0.4, -0.2) is 41.9 Å². The Labute approximate surface area is 208 Å². The third kappa shape index (κ3) is 6.46. The summed E-state index contributed by atoms with van der Waals surface area (Å²) in [5.41, 5.74) is 4.21. The molecule has 1 fully saturated rings. The first kappa shape index (κ1) is 25.0. The van der Waals surface area contributed by atoms with Gasteiger partial charge in [-0.25, -0.2) is 0 Å². The molecule has 0 spiro atoms. The lowest BCUT2D eigenvalue weighted by Crippen LogP contribution is -2.43. The molecule has 0 aromatic heterocycles. The van der Waals surface area contributed by atoms with E-state index in [2.05, 4.69) is 26.7 Å². The van der Waals surface area contributed by atoms with Crippen LogP contribution >= 0.6 is 39.1 Å². The van der Waals surface area contributed by atoms with Crippen LogP contribution in [0.4, 0.5) is 5.69 Å². The van der Waals surface area contributed by atoms with Crippen molar-refractivity contribution in [3.63, 3.8) is 0 Å². The first-order valence-corrected chi connectivity index (χ1v) is 11.5. The summed E-state index contributed by atoms with van der Waals surface area (Å²) in [6.45, 7) is 1.40. The number of carbonyl (C=O) groups excluding carboxylic acids is 4. The number of anilines is 1. The Morgan fingerprint density at radius 1 is 1.15 bits per heavy atom. The fourth-order valence-corrected chi connectivity index (χ4v) is 3.92. The van der Waals surface area contributed by atoms with Gasteiger partial charge in [-0.05, 0) is 48.4 Å². The zero-order chi connectivity index (χ0) is 24.1. The molecule has 0 unspecified atom stereocenters. The van der Waals surface area contributed by atoms with Gasteiger partial charge >= 0.3 is 5.97 Å². The van der Waals surface area contributed by atoms with E-state index >= 15 is 0 Å². The lowest BCUT2D eigenvalue weighted by molar-refractivity contribution is -0.151. The van der Waals surface area contributed by atoms with E-state index in [9.17, 15) is 19.2 Å². The number of esters is 1. The van der Waals surface area contributed by atoms with E-state index < -0.39 is 36.2 Å². The second kappa shape index (κ2) is 11.0. The van der Waals surface area contributed by atoms with Gasteiger partial charge in [0.1, 0.15) is 0 Å². The molecule has 0 saturated carbocycles. The number of halogens is 3. The number of hydrogen-bond donors (Lipinski definition) is 2. The second-order valence-electron chi connectivity index (χ2n) is 7.29. The van der Waals surface area contributed by atoms with Crippen molar-refractivity contribution in [1.29, 1.82) is 0 Å². The Hall–Kier alpha value is -2.62. The zero-order valence-corrected chi connectivity index (χ0v) is 20.6. The van der Waals surface area contributed by atoms with Crippen LogP contribution in [0.3, 0.4) is 0 Å². The Morgan fingerprint density at radius 3 is 2.61 bits per heavy atom. The normalized spacial score (nSPS) is 15.3. The molecule has 1 heterocycles. The molecule has 11 heteroatoms. The molecule has 2 aromatic rings. The Bertz CT molecular complexity index is 1110. The Balaban J connectivity index is 1.51. The summed E-state index contributed by atoms with van der Waals surface area (Å²) < 4.78 is 5.98. The van der Waals surface area contributed by atoms with Crippen molar-refractivity contribution in [3.8, 4) is 0 Å². The van der Waals surface area contributed by atoms with Gasteiger partial charge in [-0.2, -0.15) is 0 Å². The number of carbonyl (C=O) groups is 4. The quantitative estimate of drug-likeness (QED) is 0.502. The SMILES string of the molecule is CCc1cc(Br)ccc1NC(=O)COC(=O)[C@H]1CC(=O)N(NC(=O)c2ccc(Cl)c(Cl)c2)C1. The fraction of sp³-hybridized carbons (Fsp3) is 0.273. The van der Waals surface area contributed by atoms with Crippen molar-refractivity contribution in [2.24, 2.45) is 5.92 Å². The lowest BCUT2D eigenvalue weighted by atomic mass is 10.1. The molecular weight excluding hydrogens is 537 g/mol. The minimum Gasteiger partial charge on any atom is -0.455 e. The molecule has 0 bridgehead atoms. The van der Waals surface area contributed by atoms with E-state index in [1.54, 1.807) is 12.1 Å². The molecule has 174 valence electrons. The van der Waals surface area contributed by atoms with E-state index in [0.29, 0.717) is 17.1 Å². The third-order valence-corrected chi connectivity index (χ3v) is 6.18. The van der Waals surface area contributed by atoms with E-state index in [1.807, 2.05) is 13.0 Å². The van der Waals surface area contributed by atoms with Crippen molar-refractivity contribution in [2.75, 3.05) is 18.5 Å². The summed E-state index contributed by atoms with van der Waals surface area (Å²) in [6.07, 6.45) is 0.567. The van der Waals surface area contributed by atoms with E-state index in [-0.39, 0.29) is 23.6 Å². The van der Waals surface area contributed by atoms with Gasteiger partial charge < -0.3 is 10.1 Å². The number of nitrogens with zero attached hydrogens (tertiary/aromatic N) is 1. The van der Waals surface area contributed by atoms with Crippen LogP contribution in [0, 0.1) is 5.92 Å². The summed E-state index contributed by atoms with van der Waals surface area (Å²) >= 11 is 15.1. The van der Waals surface area contributed by atoms with E-state index in [0.717, 1.165) is 15.0 Å². The van der Waals surface area contributed by atoms with Gasteiger partial charge in [0, 0.05) is 22.1 Å². The van der Waals surface area contributed by atoms with Gasteiger partial charge in [0.15, 0.2) is 6.61 Å². The first-order valence-electron chi connectivity index (χ1n) is 9.99. The van der Waals surface area contributed by atoms with Gasteiger partial charge in [-0.3, -0.25) is 29.6 Å². The number of benzene rings is 2. The van der Waals surface area contributed by atoms with Gasteiger partial charge in [0.2, 0.25) is 5.91 Å². The standard InChI is InChI=1S/C22H20BrCl2N3O5/c1-2-12-7-15(23)4-6-18(12)26-19(29)11-33-22(32)14-9-20(30)28(10-14)27-21(31)13-3-5-16(24)17(25)8-13/h3-8,14H,2,9-11H2,1H3,(H,26,29)(H,27,31)/t14-/m0/s1. The smallest absolute Gasteiger partial charge is 0.311 e. The average Bonchev–Trinajstić information content (AvgIpc) is 3.15. The van der Waals surface area contributed by atoms with Crippen molar-refractivity contribution >= 4 is 68.5 Å². The highest BCUT2D eigenvalue weighted by Gasteiger charge is 2.36. The maximum atomic E-state index is 12.4. The van der Waals surface area contributed by atoms with Crippen molar-refractivity contribution in [1.82, 2.24) is 10.4 Å². The van der Waals surface area contributed by atoms with Crippen LogP contribution in [0.15, 0.2) is 40.9 Å². The van der Waals surface area contributed by atoms with Crippen LogP contribution in [0.25, 0.3) is 0 Å². The minimum atomic E-state index is -0.807. The maximum Gasteiger partial charge on any atom is 0.311 e. The van der Waals surface area contributed by atoms with E-state index in [1.165, 1.54) is 18.2 Å². The molecule has 1 saturated heterocycles. The van der Waals surface area contributed by atoms with Crippen LogP contribution in [0.1, 0.15) is 29.3 Å². The van der Waals surface area contributed by atoms with Crippen molar-refractivity contribution < 1.29 is 23.9 Å².